The summed E-state index contributed by atoms with van der Waals surface area (Å²) in [6.45, 7) is 0. The van der Waals surface area contributed by atoms with Crippen LogP contribution >= 0.6 is 0 Å². The number of nitrogens with zero attached hydrogens (tertiary/aromatic N) is 1. The fraction of sp³-hybridized carbons (Fsp3) is 0.688. The summed E-state index contributed by atoms with van der Waals surface area (Å²) in [7, 11) is 3.94. The molecule has 0 amide bonds. The number of hydrogen-bond donors (Lipinski definition) is 1. The summed E-state index contributed by atoms with van der Waals surface area (Å²) in [5, 5.41) is 3.54. The lowest BCUT2D eigenvalue weighted by Crippen LogP contribution is -2.58. The predicted molar refractivity (Wildman–Crippen MR) is 76.4 cm³/mol. The van der Waals surface area contributed by atoms with Crippen molar-refractivity contribution in [3.05, 3.63) is 29.6 Å². The number of nitrogens with one attached hydrogen (secondary N) is 1. The Morgan fingerprint density at radius 3 is 2.89 bits per heavy atom. The molecule has 104 valence electrons. The summed E-state index contributed by atoms with van der Waals surface area (Å²) in [6.07, 6.45) is 9.23. The largest absolute Gasteiger partial charge is 0.377 e. The lowest BCUT2D eigenvalue weighted by Gasteiger charge is -2.50. The molecular formula is C16H24N2O. The molecule has 2 aliphatic carbocycles. The lowest BCUT2D eigenvalue weighted by atomic mass is 9.67. The van der Waals surface area contributed by atoms with Gasteiger partial charge in [0, 0.05) is 31.0 Å². The molecule has 0 saturated heterocycles. The number of pyridine rings is 1. The summed E-state index contributed by atoms with van der Waals surface area (Å²) in [4.78, 5) is 4.68. The molecule has 0 radical (unpaired) electrons. The van der Waals surface area contributed by atoms with Crippen LogP contribution in [0.1, 0.15) is 49.3 Å². The average molecular weight is 260 g/mol. The number of rotatable bonds is 4. The first kappa shape index (κ1) is 13.1. The fourth-order valence-corrected chi connectivity index (χ4v) is 3.97. The van der Waals surface area contributed by atoms with Crippen molar-refractivity contribution in [2.24, 2.45) is 0 Å². The molecule has 0 aliphatic heterocycles. The Labute approximate surface area is 115 Å². The molecule has 1 saturated carbocycles. The van der Waals surface area contributed by atoms with Gasteiger partial charge in [-0.2, -0.15) is 0 Å². The van der Waals surface area contributed by atoms with Gasteiger partial charge < -0.3 is 10.1 Å². The van der Waals surface area contributed by atoms with Gasteiger partial charge in [-0.15, -0.1) is 0 Å². The van der Waals surface area contributed by atoms with Crippen LogP contribution in [0.5, 0.6) is 0 Å². The van der Waals surface area contributed by atoms with E-state index in [1.807, 2.05) is 13.3 Å². The van der Waals surface area contributed by atoms with Crippen LogP contribution in [-0.4, -0.2) is 30.8 Å². The minimum Gasteiger partial charge on any atom is -0.377 e. The van der Waals surface area contributed by atoms with Crippen molar-refractivity contribution in [3.63, 3.8) is 0 Å². The number of likely N-dealkylation sites (N-methyl/N-ethyl adjacent to an activating group) is 1. The van der Waals surface area contributed by atoms with Crippen molar-refractivity contribution in [3.8, 4) is 0 Å². The van der Waals surface area contributed by atoms with Crippen LogP contribution < -0.4 is 5.32 Å². The van der Waals surface area contributed by atoms with E-state index in [1.54, 1.807) is 0 Å². The van der Waals surface area contributed by atoms with E-state index in [1.165, 1.54) is 49.8 Å². The Bertz CT molecular complexity index is 437. The summed E-state index contributed by atoms with van der Waals surface area (Å²) in [5.41, 5.74) is 2.77. The van der Waals surface area contributed by atoms with Crippen LogP contribution in [-0.2, 0) is 11.2 Å². The van der Waals surface area contributed by atoms with Gasteiger partial charge in [0.05, 0.1) is 5.60 Å². The Balaban J connectivity index is 1.93. The maximum absolute atomic E-state index is 5.90. The Morgan fingerprint density at radius 2 is 2.26 bits per heavy atom. The van der Waals surface area contributed by atoms with Crippen LogP contribution in [0.3, 0.4) is 0 Å². The molecule has 2 atom stereocenters. The molecule has 19 heavy (non-hydrogen) atoms. The normalized spacial score (nSPS) is 26.3. The zero-order valence-corrected chi connectivity index (χ0v) is 12.0. The third-order valence-corrected chi connectivity index (χ3v) is 5.13. The summed E-state index contributed by atoms with van der Waals surface area (Å²) in [5.74, 6) is 0.496. The van der Waals surface area contributed by atoms with Crippen LogP contribution in [0.25, 0.3) is 0 Å². The number of aromatic nitrogens is 1. The Morgan fingerprint density at radius 1 is 1.42 bits per heavy atom. The van der Waals surface area contributed by atoms with Gasteiger partial charge in [-0.1, -0.05) is 6.07 Å². The minimum absolute atomic E-state index is 0.0333. The van der Waals surface area contributed by atoms with Crippen molar-refractivity contribution in [1.82, 2.24) is 10.3 Å². The number of ether oxygens (including phenoxy) is 1. The number of aryl methyl sites for hydroxylation is 1. The SMILES string of the molecule is CNC(C1CCCc2cccnc21)C1(OC)CCC1. The van der Waals surface area contributed by atoms with Gasteiger partial charge in [-0.3, -0.25) is 4.98 Å². The van der Waals surface area contributed by atoms with Crippen LogP contribution in [0, 0.1) is 0 Å². The van der Waals surface area contributed by atoms with E-state index in [0.29, 0.717) is 12.0 Å². The van der Waals surface area contributed by atoms with Gasteiger partial charge >= 0.3 is 0 Å². The van der Waals surface area contributed by atoms with Crippen LogP contribution in [0.15, 0.2) is 18.3 Å². The van der Waals surface area contributed by atoms with E-state index in [4.69, 9.17) is 4.74 Å². The quantitative estimate of drug-likeness (QED) is 0.903. The smallest absolute Gasteiger partial charge is 0.0837 e. The molecule has 0 spiro atoms. The van der Waals surface area contributed by atoms with Gasteiger partial charge in [0.1, 0.15) is 0 Å². The first-order valence-corrected chi connectivity index (χ1v) is 7.47. The summed E-state index contributed by atoms with van der Waals surface area (Å²) < 4.78 is 5.90. The van der Waals surface area contributed by atoms with E-state index >= 15 is 0 Å². The standard InChI is InChI=1S/C16H24N2O/c1-17-15(16(19-2)9-5-10-16)13-8-3-6-12-7-4-11-18-14(12)13/h4,7,11,13,15,17H,3,5-6,8-10H2,1-2H3. The fourth-order valence-electron chi connectivity index (χ4n) is 3.97. The molecule has 1 aromatic rings. The first-order chi connectivity index (χ1) is 9.30. The second kappa shape index (κ2) is 5.22. The number of fused-ring (bicyclic) bond motifs is 1. The Hall–Kier alpha value is -0.930. The van der Waals surface area contributed by atoms with Gasteiger partial charge in [0.15, 0.2) is 0 Å². The van der Waals surface area contributed by atoms with Gasteiger partial charge in [-0.25, -0.2) is 0 Å². The minimum atomic E-state index is 0.0333. The predicted octanol–water partition coefficient (Wildman–Crippen LogP) is 2.66. The van der Waals surface area contributed by atoms with Crippen LogP contribution in [0.4, 0.5) is 0 Å². The zero-order chi connectivity index (χ0) is 13.3. The van der Waals surface area contributed by atoms with Crippen LogP contribution in [0.2, 0.25) is 0 Å². The molecule has 3 heteroatoms. The third kappa shape index (κ3) is 2.09. The zero-order valence-electron chi connectivity index (χ0n) is 12.0. The van der Waals surface area contributed by atoms with Crippen molar-refractivity contribution < 1.29 is 4.74 Å². The highest BCUT2D eigenvalue weighted by Gasteiger charge is 2.48. The van der Waals surface area contributed by atoms with Gasteiger partial charge in [0.2, 0.25) is 0 Å². The Kier molecular flexibility index (Phi) is 3.59. The molecule has 2 aliphatic rings. The molecule has 1 N–H and O–H groups in total. The highest BCUT2D eigenvalue weighted by molar-refractivity contribution is 5.29. The number of methoxy groups -OCH3 is 1. The molecule has 3 nitrogen and oxygen atoms in total. The molecular weight excluding hydrogens is 236 g/mol. The highest BCUT2D eigenvalue weighted by atomic mass is 16.5. The maximum atomic E-state index is 5.90. The molecule has 1 fully saturated rings. The van der Waals surface area contributed by atoms with E-state index in [2.05, 4.69) is 29.5 Å². The van der Waals surface area contributed by atoms with Crippen molar-refractivity contribution in [2.45, 2.75) is 56.1 Å². The highest BCUT2D eigenvalue weighted by Crippen LogP contribution is 2.45. The molecule has 2 unspecified atom stereocenters. The summed E-state index contributed by atoms with van der Waals surface area (Å²) >= 11 is 0. The first-order valence-electron chi connectivity index (χ1n) is 7.47. The van der Waals surface area contributed by atoms with E-state index in [-0.39, 0.29) is 5.60 Å². The van der Waals surface area contributed by atoms with Crippen molar-refractivity contribution >= 4 is 0 Å². The topological polar surface area (TPSA) is 34.2 Å². The third-order valence-electron chi connectivity index (χ3n) is 5.13. The van der Waals surface area contributed by atoms with E-state index in [0.717, 1.165) is 0 Å². The molecule has 1 heterocycles. The maximum Gasteiger partial charge on any atom is 0.0837 e. The molecule has 0 aromatic carbocycles. The lowest BCUT2D eigenvalue weighted by molar-refractivity contribution is -0.104. The molecule has 1 aromatic heterocycles. The molecule has 3 rings (SSSR count). The van der Waals surface area contributed by atoms with Gasteiger partial charge in [0.25, 0.3) is 0 Å². The number of hydrogen-bond acceptors (Lipinski definition) is 3. The average Bonchev–Trinajstić information content (AvgIpc) is 2.42. The second-order valence-electron chi connectivity index (χ2n) is 5.94. The van der Waals surface area contributed by atoms with E-state index in [9.17, 15) is 0 Å². The van der Waals surface area contributed by atoms with Crippen molar-refractivity contribution in [1.29, 1.82) is 0 Å². The monoisotopic (exact) mass is 260 g/mol. The van der Waals surface area contributed by atoms with Gasteiger partial charge in [-0.05, 0) is 57.2 Å². The summed E-state index contributed by atoms with van der Waals surface area (Å²) in [6, 6.07) is 4.69. The molecule has 0 bridgehead atoms. The van der Waals surface area contributed by atoms with Crippen molar-refractivity contribution in [2.75, 3.05) is 14.2 Å². The van der Waals surface area contributed by atoms with E-state index < -0.39 is 0 Å². The second-order valence-corrected chi connectivity index (χ2v) is 5.94.